The topological polar surface area (TPSA) is 46.6 Å². The SMILES string of the molecule is COC(=O)[C@@H]1CCCN1C(=O)[C@@H](Cl)CSc1ccccc1. The first-order valence-electron chi connectivity index (χ1n) is 6.83. The Labute approximate surface area is 133 Å². The summed E-state index contributed by atoms with van der Waals surface area (Å²) in [4.78, 5) is 26.7. The Hall–Kier alpha value is -1.20. The van der Waals surface area contributed by atoms with Crippen molar-refractivity contribution in [2.24, 2.45) is 0 Å². The maximum Gasteiger partial charge on any atom is 0.328 e. The molecular weight excluding hydrogens is 310 g/mol. The van der Waals surface area contributed by atoms with Crippen molar-refractivity contribution in [3.8, 4) is 0 Å². The minimum atomic E-state index is -0.638. The zero-order valence-electron chi connectivity index (χ0n) is 11.8. The van der Waals surface area contributed by atoms with Crippen LogP contribution in [0.5, 0.6) is 0 Å². The second-order valence-corrected chi connectivity index (χ2v) is 6.42. The van der Waals surface area contributed by atoms with Crippen molar-refractivity contribution >= 4 is 35.2 Å². The number of benzene rings is 1. The molecule has 1 aliphatic heterocycles. The van der Waals surface area contributed by atoms with Gasteiger partial charge in [0.2, 0.25) is 5.91 Å². The molecule has 0 aliphatic carbocycles. The molecule has 0 aromatic heterocycles. The number of ether oxygens (including phenoxy) is 1. The predicted octanol–water partition coefficient (Wildman–Crippen LogP) is 2.55. The summed E-state index contributed by atoms with van der Waals surface area (Å²) in [6.45, 7) is 0.567. The Kier molecular flexibility index (Phi) is 5.94. The fourth-order valence-electron chi connectivity index (χ4n) is 2.35. The largest absolute Gasteiger partial charge is 0.467 e. The van der Waals surface area contributed by atoms with Crippen LogP contribution in [0.4, 0.5) is 0 Å². The van der Waals surface area contributed by atoms with Crippen LogP contribution in [0.15, 0.2) is 35.2 Å². The van der Waals surface area contributed by atoms with Crippen molar-refractivity contribution in [2.45, 2.75) is 29.2 Å². The minimum Gasteiger partial charge on any atom is -0.467 e. The van der Waals surface area contributed by atoms with E-state index in [1.165, 1.54) is 18.9 Å². The van der Waals surface area contributed by atoms with Crippen LogP contribution in [0.3, 0.4) is 0 Å². The van der Waals surface area contributed by atoms with E-state index >= 15 is 0 Å². The number of halogens is 1. The minimum absolute atomic E-state index is 0.187. The molecule has 6 heteroatoms. The highest BCUT2D eigenvalue weighted by Gasteiger charge is 2.37. The summed E-state index contributed by atoms with van der Waals surface area (Å²) < 4.78 is 4.74. The second-order valence-electron chi connectivity index (χ2n) is 4.80. The van der Waals surface area contributed by atoms with Crippen LogP contribution in [0.1, 0.15) is 12.8 Å². The number of alkyl halides is 1. The Morgan fingerprint density at radius 1 is 1.43 bits per heavy atom. The molecule has 0 spiro atoms. The van der Waals surface area contributed by atoms with E-state index in [1.54, 1.807) is 4.90 Å². The molecule has 2 rings (SSSR count). The van der Waals surface area contributed by atoms with E-state index < -0.39 is 11.4 Å². The quantitative estimate of drug-likeness (QED) is 0.474. The zero-order chi connectivity index (χ0) is 15.2. The van der Waals surface area contributed by atoms with Gasteiger partial charge in [-0.05, 0) is 25.0 Å². The van der Waals surface area contributed by atoms with Gasteiger partial charge in [0.1, 0.15) is 11.4 Å². The first kappa shape index (κ1) is 16.2. The van der Waals surface area contributed by atoms with Crippen molar-refractivity contribution < 1.29 is 14.3 Å². The number of carbonyl (C=O) groups is 2. The molecule has 1 aliphatic rings. The van der Waals surface area contributed by atoms with Gasteiger partial charge < -0.3 is 9.64 Å². The number of likely N-dealkylation sites (tertiary alicyclic amines) is 1. The Morgan fingerprint density at radius 3 is 2.81 bits per heavy atom. The van der Waals surface area contributed by atoms with Gasteiger partial charge in [0.05, 0.1) is 7.11 Å². The normalized spacial score (nSPS) is 19.3. The van der Waals surface area contributed by atoms with Crippen LogP contribution in [0.25, 0.3) is 0 Å². The van der Waals surface area contributed by atoms with Crippen LogP contribution in [0, 0.1) is 0 Å². The number of thioether (sulfide) groups is 1. The Bertz CT molecular complexity index is 497. The average Bonchev–Trinajstić information content (AvgIpc) is 3.01. The lowest BCUT2D eigenvalue weighted by atomic mass is 10.2. The molecule has 2 atom stereocenters. The summed E-state index contributed by atoms with van der Waals surface area (Å²) in [5, 5.41) is -0.638. The number of hydrogen-bond donors (Lipinski definition) is 0. The summed E-state index contributed by atoms with van der Waals surface area (Å²) in [5.41, 5.74) is 0. The van der Waals surface area contributed by atoms with Crippen LogP contribution in [-0.4, -0.2) is 47.6 Å². The lowest BCUT2D eigenvalue weighted by molar-refractivity contribution is -0.150. The van der Waals surface area contributed by atoms with E-state index in [-0.39, 0.29) is 11.9 Å². The van der Waals surface area contributed by atoms with E-state index in [4.69, 9.17) is 16.3 Å². The van der Waals surface area contributed by atoms with E-state index in [9.17, 15) is 9.59 Å². The van der Waals surface area contributed by atoms with Crippen LogP contribution in [0.2, 0.25) is 0 Å². The number of amides is 1. The first-order chi connectivity index (χ1) is 10.1. The van der Waals surface area contributed by atoms with Gasteiger partial charge in [0.25, 0.3) is 0 Å². The van der Waals surface area contributed by atoms with Gasteiger partial charge in [-0.1, -0.05) is 18.2 Å². The summed E-state index contributed by atoms with van der Waals surface area (Å²) >= 11 is 7.75. The monoisotopic (exact) mass is 327 g/mol. The average molecular weight is 328 g/mol. The standard InChI is InChI=1S/C15H18ClNO3S/c1-20-15(19)13-8-5-9-17(13)14(18)12(16)10-21-11-6-3-2-4-7-11/h2-4,6-7,12-13H,5,8-10H2,1H3/t12-,13-/m0/s1. The van der Waals surface area contributed by atoms with Crippen molar-refractivity contribution in [1.82, 2.24) is 4.90 Å². The molecule has 0 bridgehead atoms. The highest BCUT2D eigenvalue weighted by Crippen LogP contribution is 2.24. The Balaban J connectivity index is 1.91. The van der Waals surface area contributed by atoms with Gasteiger partial charge in [-0.15, -0.1) is 23.4 Å². The maximum absolute atomic E-state index is 12.4. The molecule has 1 aromatic rings. The first-order valence-corrected chi connectivity index (χ1v) is 8.26. The van der Waals surface area contributed by atoms with Crippen molar-refractivity contribution in [3.63, 3.8) is 0 Å². The molecule has 0 radical (unpaired) electrons. The number of nitrogens with zero attached hydrogens (tertiary/aromatic N) is 1. The highest BCUT2D eigenvalue weighted by atomic mass is 35.5. The van der Waals surface area contributed by atoms with Gasteiger partial charge in [-0.2, -0.15) is 0 Å². The molecule has 1 aromatic carbocycles. The highest BCUT2D eigenvalue weighted by molar-refractivity contribution is 7.99. The van der Waals surface area contributed by atoms with Crippen LogP contribution < -0.4 is 0 Å². The van der Waals surface area contributed by atoms with E-state index in [2.05, 4.69) is 0 Å². The van der Waals surface area contributed by atoms with E-state index in [0.29, 0.717) is 18.7 Å². The fraction of sp³-hybridized carbons (Fsp3) is 0.467. The van der Waals surface area contributed by atoms with E-state index in [0.717, 1.165) is 11.3 Å². The predicted molar refractivity (Wildman–Crippen MR) is 83.6 cm³/mol. The smallest absolute Gasteiger partial charge is 0.328 e. The van der Waals surface area contributed by atoms with Crippen molar-refractivity contribution in [3.05, 3.63) is 30.3 Å². The molecule has 1 heterocycles. The number of hydrogen-bond acceptors (Lipinski definition) is 4. The summed E-state index contributed by atoms with van der Waals surface area (Å²) in [7, 11) is 1.34. The van der Waals surface area contributed by atoms with E-state index in [1.807, 2.05) is 30.3 Å². The fourth-order valence-corrected chi connectivity index (χ4v) is 3.49. The van der Waals surface area contributed by atoms with Crippen LogP contribution >= 0.6 is 23.4 Å². The molecule has 1 fully saturated rings. The molecule has 21 heavy (non-hydrogen) atoms. The van der Waals surface area contributed by atoms with Gasteiger partial charge in [0, 0.05) is 17.2 Å². The van der Waals surface area contributed by atoms with Gasteiger partial charge in [-0.25, -0.2) is 4.79 Å². The van der Waals surface area contributed by atoms with Crippen LogP contribution in [-0.2, 0) is 14.3 Å². The van der Waals surface area contributed by atoms with Crippen molar-refractivity contribution in [1.29, 1.82) is 0 Å². The molecule has 1 saturated heterocycles. The van der Waals surface area contributed by atoms with Gasteiger partial charge in [0.15, 0.2) is 0 Å². The van der Waals surface area contributed by atoms with Gasteiger partial charge in [-0.3, -0.25) is 4.79 Å². The summed E-state index contributed by atoms with van der Waals surface area (Å²) in [6.07, 6.45) is 1.45. The number of carbonyl (C=O) groups excluding carboxylic acids is 2. The maximum atomic E-state index is 12.4. The van der Waals surface area contributed by atoms with Crippen molar-refractivity contribution in [2.75, 3.05) is 19.4 Å². The number of rotatable bonds is 5. The number of esters is 1. The third-order valence-electron chi connectivity index (χ3n) is 3.42. The lowest BCUT2D eigenvalue weighted by Gasteiger charge is -2.24. The molecular formula is C15H18ClNO3S. The molecule has 114 valence electrons. The third-order valence-corrected chi connectivity index (χ3v) is 5.05. The summed E-state index contributed by atoms with van der Waals surface area (Å²) in [6, 6.07) is 9.31. The summed E-state index contributed by atoms with van der Waals surface area (Å²) in [5.74, 6) is -0.0668. The third kappa shape index (κ3) is 4.14. The molecule has 0 N–H and O–H groups in total. The van der Waals surface area contributed by atoms with Gasteiger partial charge >= 0.3 is 5.97 Å². The lowest BCUT2D eigenvalue weighted by Crippen LogP contribution is -2.45. The molecule has 1 amide bonds. The second kappa shape index (κ2) is 7.71. The molecule has 0 saturated carbocycles. The molecule has 4 nitrogen and oxygen atoms in total. The number of methoxy groups -OCH3 is 1. The zero-order valence-corrected chi connectivity index (χ0v) is 13.4. The molecule has 0 unspecified atom stereocenters. The Morgan fingerprint density at radius 2 is 2.14 bits per heavy atom.